The van der Waals surface area contributed by atoms with Gasteiger partial charge in [-0.25, -0.2) is 5.48 Å². The van der Waals surface area contributed by atoms with Crippen molar-refractivity contribution in [3.63, 3.8) is 0 Å². The van der Waals surface area contributed by atoms with Crippen LogP contribution in [0, 0.1) is 6.92 Å². The number of hydrogen-bond acceptors (Lipinski definition) is 3. The van der Waals surface area contributed by atoms with Gasteiger partial charge in [-0.2, -0.15) is 0 Å². The molecule has 3 N–H and O–H groups in total. The molecule has 2 aromatic carbocycles. The number of benzene rings is 2. The van der Waals surface area contributed by atoms with E-state index in [0.29, 0.717) is 12.8 Å². The molecule has 0 fully saturated rings. The predicted octanol–water partition coefficient (Wildman–Crippen LogP) is 3.76. The zero-order valence-electron chi connectivity index (χ0n) is 13.3. The second-order valence-electron chi connectivity index (χ2n) is 5.78. The van der Waals surface area contributed by atoms with Crippen LogP contribution in [-0.2, 0) is 4.79 Å². The second kappa shape index (κ2) is 8.46. The lowest BCUT2D eigenvalue weighted by Crippen LogP contribution is -2.17. The summed E-state index contributed by atoms with van der Waals surface area (Å²) in [7, 11) is 0. The van der Waals surface area contributed by atoms with Gasteiger partial charge in [0.15, 0.2) is 0 Å². The van der Waals surface area contributed by atoms with E-state index in [4.69, 9.17) is 5.21 Å². The molecule has 0 spiro atoms. The maximum atomic E-state index is 10.9. The molecule has 0 aliphatic carbocycles. The fourth-order valence-corrected chi connectivity index (χ4v) is 2.49. The van der Waals surface area contributed by atoms with E-state index in [9.17, 15) is 9.90 Å². The molecule has 0 radical (unpaired) electrons. The molecule has 2 rings (SSSR count). The second-order valence-corrected chi connectivity index (χ2v) is 5.78. The Labute approximate surface area is 136 Å². The zero-order valence-corrected chi connectivity index (χ0v) is 13.3. The van der Waals surface area contributed by atoms with Gasteiger partial charge < -0.3 is 5.11 Å². The summed E-state index contributed by atoms with van der Waals surface area (Å²) in [6, 6.07) is 16.3. The molecule has 1 amide bonds. The standard InChI is InChI=1S/C19H23NO3/c1-14-6-8-15(9-7-14)16-10-12-17(13-11-16)18(21)4-2-3-5-19(22)20-23/h6-13,18,21,23H,2-5H2,1H3,(H,20,22)/t18-/m1/s1. The molecule has 0 heterocycles. The molecule has 0 bridgehead atoms. The SMILES string of the molecule is Cc1ccc(-c2ccc([C@H](O)CCCCC(=O)NO)cc2)cc1. The highest BCUT2D eigenvalue weighted by atomic mass is 16.5. The minimum Gasteiger partial charge on any atom is -0.388 e. The number of aliphatic hydroxyl groups is 1. The van der Waals surface area contributed by atoms with Crippen molar-refractivity contribution in [2.24, 2.45) is 0 Å². The average molecular weight is 313 g/mol. The number of aliphatic hydroxyl groups excluding tert-OH is 1. The lowest BCUT2D eigenvalue weighted by molar-refractivity contribution is -0.129. The van der Waals surface area contributed by atoms with Crippen LogP contribution in [0.25, 0.3) is 11.1 Å². The average Bonchev–Trinajstić information content (AvgIpc) is 2.59. The van der Waals surface area contributed by atoms with E-state index in [2.05, 4.69) is 31.2 Å². The third-order valence-corrected chi connectivity index (χ3v) is 3.94. The molecule has 2 aromatic rings. The van der Waals surface area contributed by atoms with Gasteiger partial charge in [-0.05, 0) is 36.5 Å². The van der Waals surface area contributed by atoms with E-state index in [1.165, 1.54) is 5.56 Å². The fraction of sp³-hybridized carbons (Fsp3) is 0.316. The topological polar surface area (TPSA) is 69.6 Å². The van der Waals surface area contributed by atoms with Crippen molar-refractivity contribution in [1.29, 1.82) is 0 Å². The van der Waals surface area contributed by atoms with E-state index in [1.807, 2.05) is 24.3 Å². The molecule has 0 aliphatic heterocycles. The van der Waals surface area contributed by atoms with Crippen LogP contribution in [0.3, 0.4) is 0 Å². The summed E-state index contributed by atoms with van der Waals surface area (Å²) in [4.78, 5) is 10.9. The molecular formula is C19H23NO3. The number of aryl methyl sites for hydroxylation is 1. The van der Waals surface area contributed by atoms with Crippen LogP contribution in [0.15, 0.2) is 48.5 Å². The highest BCUT2D eigenvalue weighted by Crippen LogP contribution is 2.24. The monoisotopic (exact) mass is 313 g/mol. The van der Waals surface area contributed by atoms with Gasteiger partial charge in [-0.15, -0.1) is 0 Å². The summed E-state index contributed by atoms with van der Waals surface area (Å²) in [6.07, 6.45) is 1.72. The van der Waals surface area contributed by atoms with Gasteiger partial charge in [-0.3, -0.25) is 10.0 Å². The molecule has 0 saturated carbocycles. The number of nitrogens with one attached hydrogen (secondary N) is 1. The Balaban J connectivity index is 1.88. The van der Waals surface area contributed by atoms with Gasteiger partial charge in [0, 0.05) is 6.42 Å². The first-order chi connectivity index (χ1) is 11.1. The van der Waals surface area contributed by atoms with E-state index in [1.54, 1.807) is 5.48 Å². The van der Waals surface area contributed by atoms with Crippen molar-refractivity contribution in [3.05, 3.63) is 59.7 Å². The summed E-state index contributed by atoms with van der Waals surface area (Å²) in [6.45, 7) is 2.06. The molecule has 1 atom stereocenters. The van der Waals surface area contributed by atoms with Crippen molar-refractivity contribution in [2.45, 2.75) is 38.7 Å². The number of hydrogen-bond donors (Lipinski definition) is 3. The third-order valence-electron chi connectivity index (χ3n) is 3.94. The van der Waals surface area contributed by atoms with Crippen LogP contribution in [-0.4, -0.2) is 16.2 Å². The van der Waals surface area contributed by atoms with Crippen LogP contribution < -0.4 is 5.48 Å². The molecule has 0 unspecified atom stereocenters. The summed E-state index contributed by atoms with van der Waals surface area (Å²) in [5.74, 6) is -0.387. The lowest BCUT2D eigenvalue weighted by atomic mass is 9.99. The van der Waals surface area contributed by atoms with Crippen molar-refractivity contribution < 1.29 is 15.1 Å². The number of unbranched alkanes of at least 4 members (excludes halogenated alkanes) is 1. The van der Waals surface area contributed by atoms with Crippen molar-refractivity contribution in [1.82, 2.24) is 5.48 Å². The Bertz CT molecular complexity index is 620. The number of rotatable bonds is 7. The number of carbonyl (C=O) groups is 1. The van der Waals surface area contributed by atoms with Gasteiger partial charge in [-0.1, -0.05) is 60.5 Å². The smallest absolute Gasteiger partial charge is 0.243 e. The predicted molar refractivity (Wildman–Crippen MR) is 90.0 cm³/mol. The summed E-state index contributed by atoms with van der Waals surface area (Å²) in [5.41, 5.74) is 6.01. The Hall–Kier alpha value is -2.17. The molecule has 23 heavy (non-hydrogen) atoms. The quantitative estimate of drug-likeness (QED) is 0.414. The van der Waals surface area contributed by atoms with Crippen LogP contribution in [0.4, 0.5) is 0 Å². The van der Waals surface area contributed by atoms with Gasteiger partial charge >= 0.3 is 0 Å². The highest BCUT2D eigenvalue weighted by Gasteiger charge is 2.08. The number of carbonyl (C=O) groups excluding carboxylic acids is 1. The van der Waals surface area contributed by atoms with Gasteiger partial charge in [0.05, 0.1) is 6.10 Å². The first-order valence-electron chi connectivity index (χ1n) is 7.88. The van der Waals surface area contributed by atoms with E-state index >= 15 is 0 Å². The van der Waals surface area contributed by atoms with Crippen LogP contribution in [0.2, 0.25) is 0 Å². The fourth-order valence-electron chi connectivity index (χ4n) is 2.49. The highest BCUT2D eigenvalue weighted by molar-refractivity contribution is 5.74. The maximum absolute atomic E-state index is 10.9. The Kier molecular flexibility index (Phi) is 6.32. The number of hydroxylamine groups is 1. The molecule has 0 aromatic heterocycles. The Morgan fingerprint density at radius 3 is 2.13 bits per heavy atom. The zero-order chi connectivity index (χ0) is 16.7. The summed E-state index contributed by atoms with van der Waals surface area (Å²) in [5, 5.41) is 18.6. The Morgan fingerprint density at radius 2 is 1.57 bits per heavy atom. The molecule has 4 heteroatoms. The van der Waals surface area contributed by atoms with Crippen molar-refractivity contribution in [3.8, 4) is 11.1 Å². The maximum Gasteiger partial charge on any atom is 0.243 e. The van der Waals surface area contributed by atoms with Crippen LogP contribution >= 0.6 is 0 Å². The van der Waals surface area contributed by atoms with E-state index in [-0.39, 0.29) is 12.3 Å². The van der Waals surface area contributed by atoms with Crippen molar-refractivity contribution in [2.75, 3.05) is 0 Å². The minimum atomic E-state index is -0.528. The first-order valence-corrected chi connectivity index (χ1v) is 7.88. The molecular weight excluding hydrogens is 290 g/mol. The van der Waals surface area contributed by atoms with Crippen LogP contribution in [0.1, 0.15) is 42.9 Å². The van der Waals surface area contributed by atoms with E-state index in [0.717, 1.165) is 23.1 Å². The summed E-state index contributed by atoms with van der Waals surface area (Å²) >= 11 is 0. The van der Waals surface area contributed by atoms with Crippen molar-refractivity contribution >= 4 is 5.91 Å². The van der Waals surface area contributed by atoms with Gasteiger partial charge in [0.1, 0.15) is 0 Å². The summed E-state index contributed by atoms with van der Waals surface area (Å²) < 4.78 is 0. The third kappa shape index (κ3) is 5.20. The van der Waals surface area contributed by atoms with E-state index < -0.39 is 6.10 Å². The molecule has 122 valence electrons. The largest absolute Gasteiger partial charge is 0.388 e. The first kappa shape index (κ1) is 17.2. The molecule has 4 nitrogen and oxygen atoms in total. The Morgan fingerprint density at radius 1 is 1.00 bits per heavy atom. The normalized spacial score (nSPS) is 12.0. The lowest BCUT2D eigenvalue weighted by Gasteiger charge is -2.12. The molecule has 0 aliphatic rings. The number of amides is 1. The van der Waals surface area contributed by atoms with Gasteiger partial charge in [0.25, 0.3) is 0 Å². The van der Waals surface area contributed by atoms with Crippen LogP contribution in [0.5, 0.6) is 0 Å². The molecule has 0 saturated heterocycles. The van der Waals surface area contributed by atoms with Gasteiger partial charge in [0.2, 0.25) is 5.91 Å². The minimum absolute atomic E-state index is 0.273.